The summed E-state index contributed by atoms with van der Waals surface area (Å²) in [7, 11) is 0. The highest BCUT2D eigenvalue weighted by atomic mass is 16.3. The van der Waals surface area contributed by atoms with Gasteiger partial charge in [-0.15, -0.1) is 5.10 Å². The average Bonchev–Trinajstić information content (AvgIpc) is 2.68. The number of hydrogen-bond donors (Lipinski definition) is 1. The quantitative estimate of drug-likeness (QED) is 0.785. The summed E-state index contributed by atoms with van der Waals surface area (Å²) in [5, 5.41) is 17.7. The Morgan fingerprint density at radius 1 is 1.47 bits per heavy atom. The van der Waals surface area contributed by atoms with E-state index in [2.05, 4.69) is 15.1 Å². The molecule has 0 bridgehead atoms. The van der Waals surface area contributed by atoms with Gasteiger partial charge in [0.2, 0.25) is 0 Å². The van der Waals surface area contributed by atoms with Gasteiger partial charge in [0.25, 0.3) is 0 Å². The highest BCUT2D eigenvalue weighted by Crippen LogP contribution is 2.23. The minimum atomic E-state index is -0.228. The molecule has 0 amide bonds. The van der Waals surface area contributed by atoms with Crippen LogP contribution in [-0.4, -0.2) is 34.5 Å². The van der Waals surface area contributed by atoms with Crippen molar-refractivity contribution in [1.82, 2.24) is 10.2 Å². The van der Waals surface area contributed by atoms with Crippen LogP contribution in [0.25, 0.3) is 0 Å². The van der Waals surface area contributed by atoms with Gasteiger partial charge >= 0.3 is 0 Å². The summed E-state index contributed by atoms with van der Waals surface area (Å²) in [6, 6.07) is 3.96. The predicted octanol–water partition coefficient (Wildman–Crippen LogP) is 0.992. The van der Waals surface area contributed by atoms with E-state index in [4.69, 9.17) is 0 Å². The van der Waals surface area contributed by atoms with E-state index in [1.807, 2.05) is 26.0 Å². The van der Waals surface area contributed by atoms with E-state index in [9.17, 15) is 5.11 Å². The van der Waals surface area contributed by atoms with E-state index >= 15 is 0 Å². The standard InChI is InChI=1S/C11H17N3O/c1-8-3-4-11(13-12-8)14-6-5-10(7-14)9(2)15/h3-4,9-10,15H,5-7H2,1-2H3. The lowest BCUT2D eigenvalue weighted by molar-refractivity contribution is 0.136. The molecule has 4 heteroatoms. The van der Waals surface area contributed by atoms with Crippen LogP contribution in [0.2, 0.25) is 0 Å². The fourth-order valence-corrected chi connectivity index (χ4v) is 1.95. The van der Waals surface area contributed by atoms with Crippen LogP contribution in [0.15, 0.2) is 12.1 Å². The van der Waals surface area contributed by atoms with Gasteiger partial charge in [0.15, 0.2) is 5.82 Å². The van der Waals surface area contributed by atoms with E-state index in [0.29, 0.717) is 5.92 Å². The van der Waals surface area contributed by atoms with Gasteiger partial charge < -0.3 is 10.0 Å². The van der Waals surface area contributed by atoms with Crippen LogP contribution in [0.4, 0.5) is 5.82 Å². The number of aromatic nitrogens is 2. The van der Waals surface area contributed by atoms with Crippen LogP contribution in [0.5, 0.6) is 0 Å². The number of rotatable bonds is 2. The van der Waals surface area contributed by atoms with Crippen molar-refractivity contribution in [3.05, 3.63) is 17.8 Å². The molecule has 1 aliphatic heterocycles. The lowest BCUT2D eigenvalue weighted by atomic mass is 10.0. The number of nitrogens with zero attached hydrogens (tertiary/aromatic N) is 3. The summed E-state index contributed by atoms with van der Waals surface area (Å²) in [5.41, 5.74) is 0.935. The number of aliphatic hydroxyl groups is 1. The highest BCUT2D eigenvalue weighted by molar-refractivity contribution is 5.38. The largest absolute Gasteiger partial charge is 0.393 e. The van der Waals surface area contributed by atoms with Gasteiger partial charge in [0.05, 0.1) is 11.8 Å². The molecule has 1 aromatic rings. The first kappa shape index (κ1) is 10.4. The molecule has 0 aliphatic carbocycles. The van der Waals surface area contributed by atoms with E-state index < -0.39 is 0 Å². The van der Waals surface area contributed by atoms with Crippen LogP contribution in [-0.2, 0) is 0 Å². The van der Waals surface area contributed by atoms with Crippen molar-refractivity contribution in [1.29, 1.82) is 0 Å². The Morgan fingerprint density at radius 2 is 2.27 bits per heavy atom. The van der Waals surface area contributed by atoms with Gasteiger partial charge in [-0.1, -0.05) is 0 Å². The summed E-state index contributed by atoms with van der Waals surface area (Å²) in [6.07, 6.45) is 0.807. The zero-order valence-electron chi connectivity index (χ0n) is 9.22. The maximum Gasteiger partial charge on any atom is 0.151 e. The molecule has 2 heterocycles. The Morgan fingerprint density at radius 3 is 2.80 bits per heavy atom. The van der Waals surface area contributed by atoms with Crippen molar-refractivity contribution in [3.8, 4) is 0 Å². The normalized spacial score (nSPS) is 23.1. The minimum absolute atomic E-state index is 0.228. The summed E-state index contributed by atoms with van der Waals surface area (Å²) in [6.45, 7) is 5.64. The lowest BCUT2D eigenvalue weighted by Gasteiger charge is -2.17. The summed E-state index contributed by atoms with van der Waals surface area (Å²) < 4.78 is 0. The van der Waals surface area contributed by atoms with Crippen molar-refractivity contribution >= 4 is 5.82 Å². The Kier molecular flexibility index (Phi) is 2.86. The summed E-state index contributed by atoms with van der Waals surface area (Å²) in [5.74, 6) is 1.29. The van der Waals surface area contributed by atoms with Crippen LogP contribution in [0.1, 0.15) is 19.0 Å². The average molecular weight is 207 g/mol. The van der Waals surface area contributed by atoms with Gasteiger partial charge in [0, 0.05) is 19.0 Å². The molecular weight excluding hydrogens is 190 g/mol. The number of aliphatic hydroxyl groups excluding tert-OH is 1. The lowest BCUT2D eigenvalue weighted by Crippen LogP contribution is -2.24. The molecule has 0 aromatic carbocycles. The third-order valence-electron chi connectivity index (χ3n) is 3.01. The van der Waals surface area contributed by atoms with Crippen LogP contribution in [0, 0.1) is 12.8 Å². The molecule has 2 atom stereocenters. The maximum atomic E-state index is 9.50. The van der Waals surface area contributed by atoms with Gasteiger partial charge in [-0.2, -0.15) is 5.10 Å². The fraction of sp³-hybridized carbons (Fsp3) is 0.636. The molecule has 82 valence electrons. The van der Waals surface area contributed by atoms with E-state index in [1.54, 1.807) is 0 Å². The smallest absolute Gasteiger partial charge is 0.151 e. The zero-order valence-corrected chi connectivity index (χ0v) is 9.22. The monoisotopic (exact) mass is 207 g/mol. The second-order valence-corrected chi connectivity index (χ2v) is 4.27. The van der Waals surface area contributed by atoms with Crippen molar-refractivity contribution < 1.29 is 5.11 Å². The van der Waals surface area contributed by atoms with Crippen molar-refractivity contribution in [2.24, 2.45) is 5.92 Å². The molecule has 1 saturated heterocycles. The van der Waals surface area contributed by atoms with Gasteiger partial charge in [0.1, 0.15) is 0 Å². The fourth-order valence-electron chi connectivity index (χ4n) is 1.95. The highest BCUT2D eigenvalue weighted by Gasteiger charge is 2.26. The Balaban J connectivity index is 2.04. The molecule has 0 saturated carbocycles. The first-order valence-electron chi connectivity index (χ1n) is 5.40. The first-order chi connectivity index (χ1) is 7.16. The van der Waals surface area contributed by atoms with Crippen LogP contribution >= 0.6 is 0 Å². The zero-order chi connectivity index (χ0) is 10.8. The Bertz CT molecular complexity index is 323. The molecule has 1 fully saturated rings. The van der Waals surface area contributed by atoms with Gasteiger partial charge in [-0.3, -0.25) is 0 Å². The molecule has 1 N–H and O–H groups in total. The Hall–Kier alpha value is -1.16. The van der Waals surface area contributed by atoms with Crippen molar-refractivity contribution in [2.75, 3.05) is 18.0 Å². The molecule has 15 heavy (non-hydrogen) atoms. The first-order valence-corrected chi connectivity index (χ1v) is 5.40. The maximum absolute atomic E-state index is 9.50. The number of hydrogen-bond acceptors (Lipinski definition) is 4. The van der Waals surface area contributed by atoms with E-state index in [0.717, 1.165) is 31.0 Å². The number of anilines is 1. The molecule has 2 unspecified atom stereocenters. The van der Waals surface area contributed by atoms with Crippen molar-refractivity contribution in [2.45, 2.75) is 26.4 Å². The Labute approximate surface area is 89.9 Å². The van der Waals surface area contributed by atoms with Crippen LogP contribution < -0.4 is 4.90 Å². The second-order valence-electron chi connectivity index (χ2n) is 4.27. The van der Waals surface area contributed by atoms with Gasteiger partial charge in [-0.25, -0.2) is 0 Å². The van der Waals surface area contributed by atoms with E-state index in [1.165, 1.54) is 0 Å². The molecule has 4 nitrogen and oxygen atoms in total. The third-order valence-corrected chi connectivity index (χ3v) is 3.01. The van der Waals surface area contributed by atoms with Crippen LogP contribution in [0.3, 0.4) is 0 Å². The topological polar surface area (TPSA) is 49.2 Å². The van der Waals surface area contributed by atoms with E-state index in [-0.39, 0.29) is 6.10 Å². The molecule has 1 aliphatic rings. The molecular formula is C11H17N3O. The summed E-state index contributed by atoms with van der Waals surface area (Å²) >= 11 is 0. The molecule has 0 radical (unpaired) electrons. The molecule has 2 rings (SSSR count). The third kappa shape index (κ3) is 2.26. The predicted molar refractivity (Wildman–Crippen MR) is 58.8 cm³/mol. The molecule has 0 spiro atoms. The minimum Gasteiger partial charge on any atom is -0.393 e. The number of aryl methyl sites for hydroxylation is 1. The van der Waals surface area contributed by atoms with Gasteiger partial charge in [-0.05, 0) is 32.4 Å². The summed E-state index contributed by atoms with van der Waals surface area (Å²) in [4.78, 5) is 2.18. The van der Waals surface area contributed by atoms with Crippen molar-refractivity contribution in [3.63, 3.8) is 0 Å². The second kappa shape index (κ2) is 4.14. The SMILES string of the molecule is Cc1ccc(N2CCC(C(C)O)C2)nn1. The molecule has 1 aromatic heterocycles.